The quantitative estimate of drug-likeness (QED) is 0.781. The second kappa shape index (κ2) is 3.34. The summed E-state index contributed by atoms with van der Waals surface area (Å²) in [7, 11) is 0. The third-order valence-corrected chi connectivity index (χ3v) is 2.10. The Kier molecular flexibility index (Phi) is 2.19. The predicted molar refractivity (Wildman–Crippen MR) is 49.7 cm³/mol. The normalized spacial score (nSPS) is 15.5. The molecule has 0 aliphatic heterocycles. The van der Waals surface area contributed by atoms with E-state index in [0.29, 0.717) is 16.8 Å². The highest BCUT2D eigenvalue weighted by molar-refractivity contribution is 6.30. The lowest BCUT2D eigenvalue weighted by Crippen LogP contribution is -2.26. The molecule has 1 amide bonds. The third kappa shape index (κ3) is 2.18. The van der Waals surface area contributed by atoms with Crippen LogP contribution in [0.5, 0.6) is 0 Å². The van der Waals surface area contributed by atoms with Crippen molar-refractivity contribution in [2.24, 2.45) is 0 Å². The van der Waals surface area contributed by atoms with E-state index >= 15 is 0 Å². The zero-order valence-electron chi connectivity index (χ0n) is 6.96. The van der Waals surface area contributed by atoms with Gasteiger partial charge in [0.25, 0.3) is 5.91 Å². The minimum Gasteiger partial charge on any atom is -0.348 e. The molecule has 1 fully saturated rings. The van der Waals surface area contributed by atoms with E-state index in [1.807, 2.05) is 0 Å². The van der Waals surface area contributed by atoms with Crippen LogP contribution in [-0.2, 0) is 0 Å². The number of amides is 1. The molecule has 0 aromatic carbocycles. The minimum atomic E-state index is -0.112. The maximum atomic E-state index is 11.4. The van der Waals surface area contributed by atoms with Crippen LogP contribution in [0.2, 0.25) is 5.02 Å². The fourth-order valence-electron chi connectivity index (χ4n) is 0.997. The second-order valence-corrected chi connectivity index (χ2v) is 3.55. The van der Waals surface area contributed by atoms with Crippen molar-refractivity contribution in [3.05, 3.63) is 29.0 Å². The molecule has 1 aliphatic carbocycles. The van der Waals surface area contributed by atoms with Crippen molar-refractivity contribution in [3.63, 3.8) is 0 Å². The van der Waals surface area contributed by atoms with Crippen LogP contribution in [0.25, 0.3) is 0 Å². The Bertz CT molecular complexity index is 319. The fraction of sp³-hybridized carbons (Fsp3) is 0.333. The van der Waals surface area contributed by atoms with Crippen molar-refractivity contribution in [1.82, 2.24) is 10.3 Å². The van der Waals surface area contributed by atoms with Crippen molar-refractivity contribution in [2.45, 2.75) is 18.9 Å². The zero-order valence-corrected chi connectivity index (χ0v) is 7.71. The van der Waals surface area contributed by atoms with Crippen LogP contribution in [0.1, 0.15) is 23.3 Å². The van der Waals surface area contributed by atoms with Crippen LogP contribution in [-0.4, -0.2) is 16.9 Å². The number of nitrogens with one attached hydrogen (secondary N) is 1. The van der Waals surface area contributed by atoms with E-state index in [1.54, 1.807) is 12.1 Å². The first-order valence-corrected chi connectivity index (χ1v) is 4.56. The van der Waals surface area contributed by atoms with Gasteiger partial charge in [-0.05, 0) is 25.0 Å². The van der Waals surface area contributed by atoms with Crippen LogP contribution in [0.15, 0.2) is 18.3 Å². The number of nitrogens with zero attached hydrogens (tertiary/aromatic N) is 1. The molecule has 3 nitrogen and oxygen atoms in total. The molecule has 0 unspecified atom stereocenters. The monoisotopic (exact) mass is 196 g/mol. The summed E-state index contributed by atoms with van der Waals surface area (Å²) in [4.78, 5) is 15.3. The number of aromatic nitrogens is 1. The average Bonchev–Trinajstić information content (AvgIpc) is 2.89. The van der Waals surface area contributed by atoms with Crippen molar-refractivity contribution < 1.29 is 4.79 Å². The van der Waals surface area contributed by atoms with E-state index in [0.717, 1.165) is 12.8 Å². The molecule has 13 heavy (non-hydrogen) atoms. The molecule has 0 atom stereocenters. The lowest BCUT2D eigenvalue weighted by molar-refractivity contribution is 0.0946. The highest BCUT2D eigenvalue weighted by Gasteiger charge is 2.24. The van der Waals surface area contributed by atoms with Crippen LogP contribution in [0.3, 0.4) is 0 Å². The average molecular weight is 197 g/mol. The van der Waals surface area contributed by atoms with Crippen molar-refractivity contribution in [1.29, 1.82) is 0 Å². The molecule has 0 bridgehead atoms. The van der Waals surface area contributed by atoms with E-state index in [2.05, 4.69) is 10.3 Å². The molecule has 1 N–H and O–H groups in total. The van der Waals surface area contributed by atoms with Crippen LogP contribution in [0.4, 0.5) is 0 Å². The third-order valence-electron chi connectivity index (χ3n) is 1.87. The highest BCUT2D eigenvalue weighted by atomic mass is 35.5. The van der Waals surface area contributed by atoms with Gasteiger partial charge in [0, 0.05) is 12.2 Å². The summed E-state index contributed by atoms with van der Waals surface area (Å²) in [5.41, 5.74) is 0.427. The predicted octanol–water partition coefficient (Wildman–Crippen LogP) is 1.63. The Morgan fingerprint density at radius 3 is 2.85 bits per heavy atom. The largest absolute Gasteiger partial charge is 0.348 e. The molecule has 2 rings (SSSR count). The number of hydrogen-bond donors (Lipinski definition) is 1. The van der Waals surface area contributed by atoms with Gasteiger partial charge in [0.05, 0.1) is 5.02 Å². The molecular weight excluding hydrogens is 188 g/mol. The summed E-state index contributed by atoms with van der Waals surface area (Å²) in [5, 5.41) is 3.39. The van der Waals surface area contributed by atoms with E-state index in [4.69, 9.17) is 11.6 Å². The molecule has 0 saturated heterocycles. The highest BCUT2D eigenvalue weighted by Crippen LogP contribution is 2.19. The molecule has 0 spiro atoms. The molecule has 1 heterocycles. The molecule has 0 radical (unpaired) electrons. The number of pyridine rings is 1. The van der Waals surface area contributed by atoms with Gasteiger partial charge in [-0.2, -0.15) is 0 Å². The van der Waals surface area contributed by atoms with Crippen LogP contribution in [0, 0.1) is 0 Å². The maximum Gasteiger partial charge on any atom is 0.270 e. The summed E-state index contributed by atoms with van der Waals surface area (Å²) in [6.07, 6.45) is 3.64. The first-order valence-electron chi connectivity index (χ1n) is 4.18. The van der Waals surface area contributed by atoms with Gasteiger partial charge in [0.1, 0.15) is 5.69 Å². The fourth-order valence-corrected chi connectivity index (χ4v) is 1.11. The minimum absolute atomic E-state index is 0.112. The Hall–Kier alpha value is -1.09. The zero-order chi connectivity index (χ0) is 9.26. The molecule has 1 aromatic heterocycles. The SMILES string of the molecule is O=C(NC1CC1)c1ccc(Cl)cn1. The molecule has 4 heteroatoms. The summed E-state index contributed by atoms with van der Waals surface area (Å²) < 4.78 is 0. The lowest BCUT2D eigenvalue weighted by atomic mass is 10.3. The second-order valence-electron chi connectivity index (χ2n) is 3.11. The van der Waals surface area contributed by atoms with Crippen LogP contribution >= 0.6 is 11.6 Å². The van der Waals surface area contributed by atoms with Crippen LogP contribution < -0.4 is 5.32 Å². The van der Waals surface area contributed by atoms with Gasteiger partial charge in [0.15, 0.2) is 0 Å². The van der Waals surface area contributed by atoms with Crippen molar-refractivity contribution >= 4 is 17.5 Å². The standard InChI is InChI=1S/C9H9ClN2O/c10-6-1-4-8(11-5-6)9(13)12-7-2-3-7/h1,4-5,7H,2-3H2,(H,12,13). The lowest BCUT2D eigenvalue weighted by Gasteiger charge is -2.01. The first kappa shape index (κ1) is 8.51. The topological polar surface area (TPSA) is 42.0 Å². The van der Waals surface area contributed by atoms with Gasteiger partial charge < -0.3 is 5.32 Å². The smallest absolute Gasteiger partial charge is 0.270 e. The van der Waals surface area contributed by atoms with Gasteiger partial charge in [-0.25, -0.2) is 4.98 Å². The number of hydrogen-bond acceptors (Lipinski definition) is 2. The summed E-state index contributed by atoms with van der Waals surface area (Å²) >= 11 is 5.64. The van der Waals surface area contributed by atoms with E-state index in [-0.39, 0.29) is 5.91 Å². The molecular formula is C9H9ClN2O. The van der Waals surface area contributed by atoms with E-state index in [9.17, 15) is 4.79 Å². The van der Waals surface area contributed by atoms with E-state index < -0.39 is 0 Å². The Balaban J connectivity index is 2.05. The van der Waals surface area contributed by atoms with Gasteiger partial charge in [0.2, 0.25) is 0 Å². The summed E-state index contributed by atoms with van der Waals surface area (Å²) in [6.45, 7) is 0. The summed E-state index contributed by atoms with van der Waals surface area (Å²) in [6, 6.07) is 3.65. The maximum absolute atomic E-state index is 11.4. The number of carbonyl (C=O) groups excluding carboxylic acids is 1. The molecule has 68 valence electrons. The molecule has 1 aliphatic rings. The van der Waals surface area contributed by atoms with Gasteiger partial charge in [-0.1, -0.05) is 11.6 Å². The number of carbonyl (C=O) groups is 1. The number of halogens is 1. The van der Waals surface area contributed by atoms with Gasteiger partial charge >= 0.3 is 0 Å². The molecule has 1 saturated carbocycles. The molecule has 1 aromatic rings. The Morgan fingerprint density at radius 2 is 2.31 bits per heavy atom. The van der Waals surface area contributed by atoms with Crippen molar-refractivity contribution in [2.75, 3.05) is 0 Å². The number of rotatable bonds is 2. The van der Waals surface area contributed by atoms with E-state index in [1.165, 1.54) is 6.20 Å². The van der Waals surface area contributed by atoms with Gasteiger partial charge in [-0.3, -0.25) is 4.79 Å². The Labute approximate surface area is 81.1 Å². The summed E-state index contributed by atoms with van der Waals surface area (Å²) in [5.74, 6) is -0.112. The first-order chi connectivity index (χ1) is 6.25. The van der Waals surface area contributed by atoms with Gasteiger partial charge in [-0.15, -0.1) is 0 Å². The van der Waals surface area contributed by atoms with Crippen molar-refractivity contribution in [3.8, 4) is 0 Å². The Morgan fingerprint density at radius 1 is 1.54 bits per heavy atom.